The third kappa shape index (κ3) is 2.03. The molecule has 1 aliphatic carbocycles. The molecule has 0 saturated heterocycles. The van der Waals surface area contributed by atoms with Crippen molar-refractivity contribution in [3.8, 4) is 0 Å². The molecule has 0 amide bonds. The highest BCUT2D eigenvalue weighted by atomic mass is 16.3. The molecule has 0 spiro atoms. The van der Waals surface area contributed by atoms with Gasteiger partial charge in [0.1, 0.15) is 0 Å². The van der Waals surface area contributed by atoms with Crippen LogP contribution in [0.25, 0.3) is 0 Å². The largest absolute Gasteiger partial charge is 0.391 e. The average molecular weight is 210 g/mol. The SMILES string of the molecule is CC(O)Cn1nnc(CN)c1C1CCC1. The van der Waals surface area contributed by atoms with Crippen molar-refractivity contribution in [1.29, 1.82) is 0 Å². The van der Waals surface area contributed by atoms with Gasteiger partial charge in [0.25, 0.3) is 0 Å². The second kappa shape index (κ2) is 4.28. The molecule has 1 fully saturated rings. The number of nitrogens with two attached hydrogens (primary N) is 1. The van der Waals surface area contributed by atoms with Crippen LogP contribution in [-0.4, -0.2) is 26.2 Å². The lowest BCUT2D eigenvalue weighted by Gasteiger charge is -2.26. The molecule has 3 N–H and O–H groups in total. The summed E-state index contributed by atoms with van der Waals surface area (Å²) in [6.07, 6.45) is 3.27. The van der Waals surface area contributed by atoms with E-state index in [1.807, 2.05) is 4.68 Å². The van der Waals surface area contributed by atoms with Gasteiger partial charge in [-0.2, -0.15) is 0 Å². The highest BCUT2D eigenvalue weighted by molar-refractivity contribution is 5.17. The van der Waals surface area contributed by atoms with Crippen LogP contribution in [0.2, 0.25) is 0 Å². The zero-order valence-electron chi connectivity index (χ0n) is 9.06. The zero-order chi connectivity index (χ0) is 10.8. The molecular formula is C10H18N4O. The number of aliphatic hydroxyl groups excluding tert-OH is 1. The number of rotatable bonds is 4. The fourth-order valence-electron chi connectivity index (χ4n) is 2.01. The summed E-state index contributed by atoms with van der Waals surface area (Å²) in [5, 5.41) is 17.5. The zero-order valence-corrected chi connectivity index (χ0v) is 9.06. The minimum absolute atomic E-state index is 0.392. The number of aliphatic hydroxyl groups is 1. The first-order chi connectivity index (χ1) is 7.22. The van der Waals surface area contributed by atoms with E-state index in [0.29, 0.717) is 19.0 Å². The molecule has 1 saturated carbocycles. The molecule has 0 bridgehead atoms. The topological polar surface area (TPSA) is 77.0 Å². The maximum Gasteiger partial charge on any atom is 0.0997 e. The molecule has 1 aliphatic rings. The Bertz CT molecular complexity index is 330. The smallest absolute Gasteiger partial charge is 0.0997 e. The van der Waals surface area contributed by atoms with Crippen molar-refractivity contribution in [1.82, 2.24) is 15.0 Å². The van der Waals surface area contributed by atoms with Crippen LogP contribution >= 0.6 is 0 Å². The first-order valence-corrected chi connectivity index (χ1v) is 5.52. The maximum atomic E-state index is 9.36. The Kier molecular flexibility index (Phi) is 3.02. The minimum Gasteiger partial charge on any atom is -0.391 e. The van der Waals surface area contributed by atoms with Gasteiger partial charge in [-0.15, -0.1) is 5.10 Å². The lowest BCUT2D eigenvalue weighted by molar-refractivity contribution is 0.164. The van der Waals surface area contributed by atoms with Crippen LogP contribution < -0.4 is 5.73 Å². The Morgan fingerprint density at radius 3 is 2.80 bits per heavy atom. The van der Waals surface area contributed by atoms with Gasteiger partial charge in [0, 0.05) is 12.5 Å². The van der Waals surface area contributed by atoms with Crippen LogP contribution in [-0.2, 0) is 13.1 Å². The second-order valence-electron chi connectivity index (χ2n) is 4.28. The van der Waals surface area contributed by atoms with Crippen molar-refractivity contribution in [2.75, 3.05) is 0 Å². The van der Waals surface area contributed by atoms with Gasteiger partial charge in [-0.25, -0.2) is 4.68 Å². The normalized spacial score (nSPS) is 18.9. The molecule has 5 nitrogen and oxygen atoms in total. The van der Waals surface area contributed by atoms with E-state index in [-0.39, 0.29) is 0 Å². The van der Waals surface area contributed by atoms with Crippen molar-refractivity contribution in [3.05, 3.63) is 11.4 Å². The Balaban J connectivity index is 2.24. The van der Waals surface area contributed by atoms with Crippen molar-refractivity contribution in [2.45, 2.75) is 51.3 Å². The number of hydrogen-bond acceptors (Lipinski definition) is 4. The molecule has 1 heterocycles. The summed E-state index contributed by atoms with van der Waals surface area (Å²) in [6.45, 7) is 2.71. The highest BCUT2D eigenvalue weighted by Gasteiger charge is 2.27. The van der Waals surface area contributed by atoms with Crippen LogP contribution in [0.4, 0.5) is 0 Å². The van der Waals surface area contributed by atoms with Gasteiger partial charge >= 0.3 is 0 Å². The third-order valence-corrected chi connectivity index (χ3v) is 2.97. The molecule has 1 atom stereocenters. The van der Waals surface area contributed by atoms with Crippen molar-refractivity contribution < 1.29 is 5.11 Å². The van der Waals surface area contributed by atoms with E-state index < -0.39 is 6.10 Å². The average Bonchev–Trinajstić information content (AvgIpc) is 2.45. The molecule has 0 aliphatic heterocycles. The lowest BCUT2D eigenvalue weighted by Crippen LogP contribution is -2.21. The van der Waals surface area contributed by atoms with Gasteiger partial charge in [-0.1, -0.05) is 11.6 Å². The molecular weight excluding hydrogens is 192 g/mol. The van der Waals surface area contributed by atoms with E-state index >= 15 is 0 Å². The molecule has 0 radical (unpaired) electrons. The van der Waals surface area contributed by atoms with Crippen molar-refractivity contribution in [2.24, 2.45) is 5.73 Å². The molecule has 0 aromatic carbocycles. The van der Waals surface area contributed by atoms with Gasteiger partial charge in [0.05, 0.1) is 24.0 Å². The van der Waals surface area contributed by atoms with Crippen molar-refractivity contribution >= 4 is 0 Å². The predicted octanol–water partition coefficient (Wildman–Crippen LogP) is 0.385. The fourth-order valence-corrected chi connectivity index (χ4v) is 2.01. The van der Waals surface area contributed by atoms with Crippen LogP contribution in [0.5, 0.6) is 0 Å². The summed E-state index contributed by atoms with van der Waals surface area (Å²) in [7, 11) is 0. The van der Waals surface area contributed by atoms with E-state index in [2.05, 4.69) is 10.3 Å². The summed E-state index contributed by atoms with van der Waals surface area (Å²) in [6, 6.07) is 0. The van der Waals surface area contributed by atoms with Crippen LogP contribution in [0.15, 0.2) is 0 Å². The van der Waals surface area contributed by atoms with Gasteiger partial charge in [-0.3, -0.25) is 0 Å². The van der Waals surface area contributed by atoms with Crippen molar-refractivity contribution in [3.63, 3.8) is 0 Å². The first-order valence-electron chi connectivity index (χ1n) is 5.52. The Morgan fingerprint density at radius 2 is 2.33 bits per heavy atom. The molecule has 5 heteroatoms. The minimum atomic E-state index is -0.392. The number of hydrogen-bond donors (Lipinski definition) is 2. The van der Waals surface area contributed by atoms with E-state index in [1.165, 1.54) is 19.3 Å². The Morgan fingerprint density at radius 1 is 1.60 bits per heavy atom. The summed E-state index contributed by atoms with van der Waals surface area (Å²) in [4.78, 5) is 0. The first kappa shape index (κ1) is 10.6. The van der Waals surface area contributed by atoms with Crippen LogP contribution in [0.3, 0.4) is 0 Å². The monoisotopic (exact) mass is 210 g/mol. The molecule has 1 unspecified atom stereocenters. The summed E-state index contributed by atoms with van der Waals surface area (Å²) in [5.41, 5.74) is 7.67. The van der Waals surface area contributed by atoms with Gasteiger partial charge in [0.15, 0.2) is 0 Å². The van der Waals surface area contributed by atoms with Crippen LogP contribution in [0.1, 0.15) is 43.5 Å². The summed E-state index contributed by atoms with van der Waals surface area (Å²) >= 11 is 0. The second-order valence-corrected chi connectivity index (χ2v) is 4.28. The number of nitrogens with zero attached hydrogens (tertiary/aromatic N) is 3. The molecule has 1 aromatic heterocycles. The Labute approximate surface area is 89.3 Å². The van der Waals surface area contributed by atoms with E-state index in [9.17, 15) is 5.11 Å². The van der Waals surface area contributed by atoms with Gasteiger partial charge < -0.3 is 10.8 Å². The van der Waals surface area contributed by atoms with Crippen LogP contribution in [0, 0.1) is 0 Å². The predicted molar refractivity (Wildman–Crippen MR) is 56.2 cm³/mol. The molecule has 84 valence electrons. The molecule has 2 rings (SSSR count). The summed E-state index contributed by atoms with van der Waals surface area (Å²) in [5.74, 6) is 0.553. The van der Waals surface area contributed by atoms with E-state index in [1.54, 1.807) is 6.92 Å². The highest BCUT2D eigenvalue weighted by Crippen LogP contribution is 2.37. The lowest BCUT2D eigenvalue weighted by atomic mass is 9.82. The summed E-state index contributed by atoms with van der Waals surface area (Å²) < 4.78 is 1.82. The van der Waals surface area contributed by atoms with E-state index in [4.69, 9.17) is 5.73 Å². The quantitative estimate of drug-likeness (QED) is 0.753. The van der Waals surface area contributed by atoms with Gasteiger partial charge in [-0.05, 0) is 19.8 Å². The Hall–Kier alpha value is -0.940. The number of aromatic nitrogens is 3. The standard InChI is InChI=1S/C10H18N4O/c1-7(15)6-14-10(8-3-2-4-8)9(5-11)12-13-14/h7-8,15H,2-6,11H2,1H3. The third-order valence-electron chi connectivity index (χ3n) is 2.97. The fraction of sp³-hybridized carbons (Fsp3) is 0.800. The van der Waals surface area contributed by atoms with E-state index in [0.717, 1.165) is 11.4 Å². The molecule has 15 heavy (non-hydrogen) atoms. The molecule has 1 aromatic rings. The van der Waals surface area contributed by atoms with Gasteiger partial charge in [0.2, 0.25) is 0 Å². The maximum absolute atomic E-state index is 9.36.